The van der Waals surface area contributed by atoms with E-state index >= 15 is 0 Å². The molecule has 144 valence electrons. The largest absolute Gasteiger partial charge is 0.416 e. The number of rotatable bonds is 4. The molecule has 0 saturated heterocycles. The third-order valence-corrected chi connectivity index (χ3v) is 4.13. The minimum absolute atomic E-state index is 0.0243. The van der Waals surface area contributed by atoms with Crippen LogP contribution < -0.4 is 10.9 Å². The lowest BCUT2D eigenvalue weighted by molar-refractivity contribution is -0.137. The lowest BCUT2D eigenvalue weighted by atomic mass is 10.1. The van der Waals surface area contributed by atoms with Crippen molar-refractivity contribution < 1.29 is 18.0 Å². The predicted molar refractivity (Wildman–Crippen MR) is 100 cm³/mol. The molecule has 3 rings (SSSR count). The van der Waals surface area contributed by atoms with Gasteiger partial charge in [-0.3, -0.25) is 9.59 Å². The number of amides is 1. The third kappa shape index (κ3) is 4.68. The topological polar surface area (TPSA) is 51.1 Å². The molecule has 0 atom stereocenters. The molecule has 0 fully saturated rings. The van der Waals surface area contributed by atoms with Crippen LogP contribution in [0, 0.1) is 6.92 Å². The molecule has 0 radical (unpaired) electrons. The molecule has 0 bridgehead atoms. The van der Waals surface area contributed by atoms with Gasteiger partial charge in [-0.1, -0.05) is 35.9 Å². The maximum absolute atomic E-state index is 12.8. The van der Waals surface area contributed by atoms with Gasteiger partial charge in [0, 0.05) is 18.0 Å². The van der Waals surface area contributed by atoms with Crippen LogP contribution in [0.5, 0.6) is 0 Å². The number of pyridine rings is 1. The van der Waals surface area contributed by atoms with Gasteiger partial charge < -0.3 is 9.88 Å². The van der Waals surface area contributed by atoms with E-state index in [0.29, 0.717) is 0 Å². The molecule has 1 heterocycles. The molecule has 0 aliphatic heterocycles. The van der Waals surface area contributed by atoms with Crippen LogP contribution in [0.1, 0.15) is 27.0 Å². The van der Waals surface area contributed by atoms with Crippen molar-refractivity contribution in [1.29, 1.82) is 0 Å². The minimum atomic E-state index is -4.50. The summed E-state index contributed by atoms with van der Waals surface area (Å²) in [5.41, 5.74) is 1.01. The molecule has 1 N–H and O–H groups in total. The summed E-state index contributed by atoms with van der Waals surface area (Å²) in [7, 11) is 0. The van der Waals surface area contributed by atoms with Gasteiger partial charge >= 0.3 is 6.18 Å². The third-order valence-electron chi connectivity index (χ3n) is 4.13. The van der Waals surface area contributed by atoms with E-state index < -0.39 is 17.6 Å². The number of nitrogens with one attached hydrogen (secondary N) is 1. The predicted octanol–water partition coefficient (Wildman–Crippen LogP) is 4.48. The zero-order valence-corrected chi connectivity index (χ0v) is 15.0. The fourth-order valence-corrected chi connectivity index (χ4v) is 2.77. The Morgan fingerprint density at radius 3 is 2.50 bits per heavy atom. The molecule has 1 aromatic heterocycles. The number of hydrogen-bond donors (Lipinski definition) is 1. The average molecular weight is 386 g/mol. The van der Waals surface area contributed by atoms with Crippen LogP contribution in [0.15, 0.2) is 71.7 Å². The summed E-state index contributed by atoms with van der Waals surface area (Å²) in [6, 6.07) is 14.6. The van der Waals surface area contributed by atoms with E-state index in [-0.39, 0.29) is 23.4 Å². The molecule has 1 amide bonds. The Morgan fingerprint density at radius 1 is 1.04 bits per heavy atom. The summed E-state index contributed by atoms with van der Waals surface area (Å²) in [5, 5.41) is 2.44. The fourth-order valence-electron chi connectivity index (χ4n) is 2.77. The number of halogens is 3. The second kappa shape index (κ2) is 7.72. The summed E-state index contributed by atoms with van der Waals surface area (Å²) >= 11 is 0. The van der Waals surface area contributed by atoms with Gasteiger partial charge in [-0.25, -0.2) is 0 Å². The maximum Gasteiger partial charge on any atom is 0.416 e. The van der Waals surface area contributed by atoms with Gasteiger partial charge in [0.2, 0.25) is 0 Å². The molecule has 7 heteroatoms. The number of alkyl halides is 3. The highest BCUT2D eigenvalue weighted by Crippen LogP contribution is 2.30. The van der Waals surface area contributed by atoms with Crippen LogP contribution in [-0.2, 0) is 12.7 Å². The second-order valence-corrected chi connectivity index (χ2v) is 6.41. The fraction of sp³-hybridized carbons (Fsp3) is 0.143. The van der Waals surface area contributed by atoms with Gasteiger partial charge in [-0.05, 0) is 36.8 Å². The van der Waals surface area contributed by atoms with Crippen molar-refractivity contribution in [3.8, 4) is 0 Å². The molecule has 0 saturated carbocycles. The molecule has 0 spiro atoms. The summed E-state index contributed by atoms with van der Waals surface area (Å²) < 4.78 is 39.8. The quantitative estimate of drug-likeness (QED) is 0.719. The first kappa shape index (κ1) is 19.4. The number of carbonyl (C=O) groups excluding carboxylic acids is 1. The van der Waals surface area contributed by atoms with Gasteiger partial charge in [0.1, 0.15) is 0 Å². The Labute approximate surface area is 159 Å². The number of carbonyl (C=O) groups is 1. The monoisotopic (exact) mass is 386 g/mol. The van der Waals surface area contributed by atoms with Gasteiger partial charge in [0.05, 0.1) is 17.7 Å². The number of benzene rings is 2. The zero-order chi connectivity index (χ0) is 20.3. The van der Waals surface area contributed by atoms with Crippen molar-refractivity contribution >= 4 is 11.6 Å². The highest BCUT2D eigenvalue weighted by molar-refractivity contribution is 6.04. The lowest BCUT2D eigenvalue weighted by Gasteiger charge is -2.11. The average Bonchev–Trinajstić information content (AvgIpc) is 2.63. The number of nitrogens with zero attached hydrogens (tertiary/aromatic N) is 1. The Morgan fingerprint density at radius 2 is 1.79 bits per heavy atom. The van der Waals surface area contributed by atoms with E-state index in [1.54, 1.807) is 0 Å². The van der Waals surface area contributed by atoms with E-state index in [9.17, 15) is 22.8 Å². The van der Waals surface area contributed by atoms with Crippen molar-refractivity contribution in [2.75, 3.05) is 5.32 Å². The minimum Gasteiger partial charge on any atom is -0.322 e. The van der Waals surface area contributed by atoms with Crippen LogP contribution in [0.2, 0.25) is 0 Å². The van der Waals surface area contributed by atoms with E-state index in [1.165, 1.54) is 35.0 Å². The van der Waals surface area contributed by atoms with Gasteiger partial charge in [-0.15, -0.1) is 0 Å². The highest BCUT2D eigenvalue weighted by Gasteiger charge is 2.30. The van der Waals surface area contributed by atoms with Crippen molar-refractivity contribution in [3.63, 3.8) is 0 Å². The van der Waals surface area contributed by atoms with Gasteiger partial charge in [-0.2, -0.15) is 13.2 Å². The Kier molecular flexibility index (Phi) is 5.35. The highest BCUT2D eigenvalue weighted by atomic mass is 19.4. The van der Waals surface area contributed by atoms with Crippen LogP contribution in [0.4, 0.5) is 18.9 Å². The molecular formula is C21H17F3N2O2. The van der Waals surface area contributed by atoms with Gasteiger partial charge in [0.25, 0.3) is 11.5 Å². The van der Waals surface area contributed by atoms with E-state index in [0.717, 1.165) is 23.3 Å². The molecule has 2 aromatic carbocycles. The number of aryl methyl sites for hydroxylation is 1. The SMILES string of the molecule is Cc1cccc(Cn2cc(C(=O)Nc3cccc(C(F)(F)F)c3)ccc2=O)c1. The molecular weight excluding hydrogens is 369 g/mol. The summed E-state index contributed by atoms with van der Waals surface area (Å²) in [6.07, 6.45) is -3.10. The molecule has 0 aliphatic rings. The normalized spacial score (nSPS) is 11.3. The number of hydrogen-bond acceptors (Lipinski definition) is 2. The first-order chi connectivity index (χ1) is 13.2. The summed E-state index contributed by atoms with van der Waals surface area (Å²) in [5.74, 6) is -0.600. The van der Waals surface area contributed by atoms with Crippen LogP contribution in [-0.4, -0.2) is 10.5 Å². The number of aromatic nitrogens is 1. The van der Waals surface area contributed by atoms with Crippen molar-refractivity contribution in [2.24, 2.45) is 0 Å². The molecule has 28 heavy (non-hydrogen) atoms. The first-order valence-corrected chi connectivity index (χ1v) is 8.47. The van der Waals surface area contributed by atoms with E-state index in [2.05, 4.69) is 5.32 Å². The maximum atomic E-state index is 12.8. The van der Waals surface area contributed by atoms with Crippen molar-refractivity contribution in [3.05, 3.63) is 99.5 Å². The van der Waals surface area contributed by atoms with Gasteiger partial charge in [0.15, 0.2) is 0 Å². The Balaban J connectivity index is 1.82. The molecule has 0 unspecified atom stereocenters. The molecule has 3 aromatic rings. The van der Waals surface area contributed by atoms with E-state index in [1.807, 2.05) is 31.2 Å². The standard InChI is InChI=1S/C21H17F3N2O2/c1-14-4-2-5-15(10-14)12-26-13-16(8-9-19(26)27)20(28)25-18-7-3-6-17(11-18)21(22,23)24/h2-11,13H,12H2,1H3,(H,25,28). The summed E-state index contributed by atoms with van der Waals surface area (Å²) in [6.45, 7) is 2.22. The zero-order valence-electron chi connectivity index (χ0n) is 15.0. The molecule has 0 aliphatic carbocycles. The van der Waals surface area contributed by atoms with Crippen LogP contribution in [0.3, 0.4) is 0 Å². The number of anilines is 1. The van der Waals surface area contributed by atoms with Crippen LogP contribution >= 0.6 is 0 Å². The van der Waals surface area contributed by atoms with Crippen LogP contribution in [0.25, 0.3) is 0 Å². The lowest BCUT2D eigenvalue weighted by Crippen LogP contribution is -2.22. The van der Waals surface area contributed by atoms with Crippen molar-refractivity contribution in [1.82, 2.24) is 4.57 Å². The second-order valence-electron chi connectivity index (χ2n) is 6.41. The first-order valence-electron chi connectivity index (χ1n) is 8.47. The molecule has 4 nitrogen and oxygen atoms in total. The smallest absolute Gasteiger partial charge is 0.322 e. The Hall–Kier alpha value is -3.35. The Bertz CT molecular complexity index is 1070. The van der Waals surface area contributed by atoms with E-state index in [4.69, 9.17) is 0 Å². The van der Waals surface area contributed by atoms with Crippen molar-refractivity contribution in [2.45, 2.75) is 19.6 Å². The summed E-state index contributed by atoms with van der Waals surface area (Å²) in [4.78, 5) is 24.5.